The number of cyclic esters (lactones) is 1. The molecule has 0 aromatic heterocycles. The zero-order chi connectivity index (χ0) is 29.4. The first-order chi connectivity index (χ1) is 17.1. The number of aliphatic hydroxyl groups is 4. The van der Waals surface area contributed by atoms with Gasteiger partial charge in [-0.3, -0.25) is 0 Å². The monoisotopic (exact) mass is 576 g/mol. The zero-order valence-corrected chi connectivity index (χ0v) is 27.7. The van der Waals surface area contributed by atoms with E-state index < -0.39 is 71.1 Å². The summed E-state index contributed by atoms with van der Waals surface area (Å²) in [4.78, 5) is 12.8. The van der Waals surface area contributed by atoms with Crippen molar-refractivity contribution in [3.63, 3.8) is 0 Å². The molecule has 4 N–H and O–H groups in total. The van der Waals surface area contributed by atoms with Crippen LogP contribution in [-0.4, -0.2) is 85.8 Å². The Bertz CT molecular complexity index is 791. The summed E-state index contributed by atoms with van der Waals surface area (Å²) >= 11 is 0. The highest BCUT2D eigenvalue weighted by Crippen LogP contribution is 2.47. The van der Waals surface area contributed by atoms with Crippen LogP contribution in [0.25, 0.3) is 0 Å². The van der Waals surface area contributed by atoms with E-state index in [1.54, 1.807) is 6.92 Å². The van der Waals surface area contributed by atoms with Crippen molar-refractivity contribution in [2.45, 2.75) is 160 Å². The largest absolute Gasteiger partial charge is 0.461 e. The molecule has 2 fully saturated rings. The fourth-order valence-corrected chi connectivity index (χ4v) is 7.88. The van der Waals surface area contributed by atoms with E-state index in [1.807, 2.05) is 0 Å². The topological polar surface area (TPSA) is 126 Å². The summed E-state index contributed by atoms with van der Waals surface area (Å²) in [7, 11) is -4.65. The van der Waals surface area contributed by atoms with E-state index in [2.05, 4.69) is 67.7 Å². The molecule has 0 aromatic rings. The number of ether oxygens (including phenoxy) is 1. The highest BCUT2D eigenvalue weighted by Gasteiger charge is 2.53. The van der Waals surface area contributed by atoms with Crippen molar-refractivity contribution >= 4 is 22.6 Å². The molecule has 38 heavy (non-hydrogen) atoms. The third-order valence-corrected chi connectivity index (χ3v) is 18.7. The molecular formula is C28H56O8Si2. The van der Waals surface area contributed by atoms with E-state index in [1.165, 1.54) is 0 Å². The second-order valence-electron chi connectivity index (χ2n) is 14.8. The summed E-state index contributed by atoms with van der Waals surface area (Å²) < 4.78 is 19.0. The van der Waals surface area contributed by atoms with Crippen molar-refractivity contribution in [2.75, 3.05) is 0 Å². The first kappa shape index (κ1) is 33.9. The van der Waals surface area contributed by atoms with Crippen LogP contribution in [-0.2, 0) is 18.4 Å². The van der Waals surface area contributed by atoms with Crippen molar-refractivity contribution in [1.82, 2.24) is 0 Å². The van der Waals surface area contributed by atoms with Crippen LogP contribution in [0.4, 0.5) is 0 Å². The Hall–Kier alpha value is -0.336. The van der Waals surface area contributed by atoms with Crippen LogP contribution in [0.1, 0.15) is 80.6 Å². The highest BCUT2D eigenvalue weighted by atomic mass is 28.4. The lowest BCUT2D eigenvalue weighted by molar-refractivity contribution is -0.171. The number of hydrogen-bond donors (Lipinski definition) is 4. The highest BCUT2D eigenvalue weighted by molar-refractivity contribution is 6.74. The van der Waals surface area contributed by atoms with Gasteiger partial charge >= 0.3 is 5.97 Å². The molecule has 1 aliphatic carbocycles. The maximum atomic E-state index is 12.8. The van der Waals surface area contributed by atoms with Gasteiger partial charge in [-0.15, -0.1) is 0 Å². The van der Waals surface area contributed by atoms with E-state index in [9.17, 15) is 25.2 Å². The summed E-state index contributed by atoms with van der Waals surface area (Å²) in [5, 5.41) is 44.7. The molecule has 1 saturated heterocycles. The average molecular weight is 577 g/mol. The third kappa shape index (κ3) is 7.90. The lowest BCUT2D eigenvalue weighted by atomic mass is 9.81. The number of aliphatic hydroxyl groups excluding tert-OH is 4. The lowest BCUT2D eigenvalue weighted by Crippen LogP contribution is -2.55. The van der Waals surface area contributed by atoms with Crippen molar-refractivity contribution in [3.05, 3.63) is 0 Å². The summed E-state index contributed by atoms with van der Waals surface area (Å²) in [6.07, 6.45) is -4.56. The second kappa shape index (κ2) is 12.3. The second-order valence-corrected chi connectivity index (χ2v) is 24.3. The minimum atomic E-state index is -2.50. The van der Waals surface area contributed by atoms with Gasteiger partial charge in [0.2, 0.25) is 0 Å². The van der Waals surface area contributed by atoms with Gasteiger partial charge in [0.05, 0.1) is 24.4 Å². The van der Waals surface area contributed by atoms with Crippen LogP contribution in [0.3, 0.4) is 0 Å². The molecule has 0 bridgehead atoms. The number of esters is 1. The number of fused-ring (bicyclic) bond motifs is 1. The van der Waals surface area contributed by atoms with Gasteiger partial charge in [0.15, 0.2) is 22.7 Å². The molecule has 1 saturated carbocycles. The first-order valence-electron chi connectivity index (χ1n) is 14.4. The average Bonchev–Trinajstić information content (AvgIpc) is 3.16. The van der Waals surface area contributed by atoms with Gasteiger partial charge in [0.1, 0.15) is 6.10 Å². The molecule has 8 nitrogen and oxygen atoms in total. The number of rotatable bonds is 4. The normalized spacial score (nSPS) is 37.0. The number of carbonyl (C=O) groups excluding carboxylic acids is 1. The van der Waals surface area contributed by atoms with Crippen molar-refractivity contribution in [2.24, 2.45) is 11.8 Å². The molecule has 0 spiro atoms. The fraction of sp³-hybridized carbons (Fsp3) is 0.964. The van der Waals surface area contributed by atoms with E-state index in [-0.39, 0.29) is 16.2 Å². The number of carbonyl (C=O) groups is 1. The minimum absolute atomic E-state index is 0.0110. The Morgan fingerprint density at radius 3 is 1.82 bits per heavy atom. The van der Waals surface area contributed by atoms with Crippen molar-refractivity contribution < 1.29 is 38.8 Å². The zero-order valence-electron chi connectivity index (χ0n) is 25.7. The van der Waals surface area contributed by atoms with Crippen molar-refractivity contribution in [3.8, 4) is 0 Å². The van der Waals surface area contributed by atoms with Crippen LogP contribution < -0.4 is 0 Å². The van der Waals surface area contributed by atoms with Gasteiger partial charge in [-0.25, -0.2) is 4.79 Å². The first-order valence-corrected chi connectivity index (χ1v) is 20.2. The Morgan fingerprint density at radius 1 is 0.789 bits per heavy atom. The van der Waals surface area contributed by atoms with E-state index in [0.29, 0.717) is 32.1 Å². The van der Waals surface area contributed by atoms with E-state index >= 15 is 0 Å². The van der Waals surface area contributed by atoms with Gasteiger partial charge in [-0.2, -0.15) is 0 Å². The third-order valence-electron chi connectivity index (χ3n) is 9.71. The summed E-state index contributed by atoms with van der Waals surface area (Å²) in [6, 6.07) is 0. The van der Waals surface area contributed by atoms with Gasteiger partial charge in [-0.05, 0) is 87.1 Å². The summed E-state index contributed by atoms with van der Waals surface area (Å²) in [6.45, 7) is 23.0. The minimum Gasteiger partial charge on any atom is -0.461 e. The molecule has 4 unspecified atom stereocenters. The van der Waals surface area contributed by atoms with Crippen molar-refractivity contribution in [1.29, 1.82) is 0 Å². The molecule has 1 heterocycles. The lowest BCUT2D eigenvalue weighted by Gasteiger charge is -2.44. The van der Waals surface area contributed by atoms with Crippen LogP contribution in [0.15, 0.2) is 0 Å². The number of hydrogen-bond acceptors (Lipinski definition) is 8. The Labute approximate surface area is 232 Å². The quantitative estimate of drug-likeness (QED) is 0.287. The van der Waals surface area contributed by atoms with Crippen LogP contribution in [0.5, 0.6) is 0 Å². The Balaban J connectivity index is 2.56. The molecule has 0 aromatic carbocycles. The van der Waals surface area contributed by atoms with Crippen LogP contribution in [0, 0.1) is 11.8 Å². The molecule has 2 aliphatic rings. The molecule has 0 amide bonds. The van der Waals surface area contributed by atoms with E-state index in [4.69, 9.17) is 13.6 Å². The summed E-state index contributed by atoms with van der Waals surface area (Å²) in [5.74, 6) is -1.73. The predicted molar refractivity (Wildman–Crippen MR) is 154 cm³/mol. The SMILES string of the molecule is C[C@H]1CCCC(O)C(O)[C@@H]2C[C@H](O[Si](C)(C)C(C)(C)C)C[C@H]2[C@H](O[Si](C)(C)C(C)(C)C)C(O)C(O)C(=O)O1. The predicted octanol–water partition coefficient (Wildman–Crippen LogP) is 4.35. The van der Waals surface area contributed by atoms with E-state index in [0.717, 1.165) is 0 Å². The molecule has 2 rings (SSSR count). The maximum absolute atomic E-state index is 12.8. The summed E-state index contributed by atoms with van der Waals surface area (Å²) in [5.41, 5.74) is 0. The van der Waals surface area contributed by atoms with Gasteiger partial charge < -0.3 is 34.0 Å². The van der Waals surface area contributed by atoms with Crippen LogP contribution >= 0.6 is 0 Å². The van der Waals surface area contributed by atoms with Gasteiger partial charge in [0.25, 0.3) is 0 Å². The molecular weight excluding hydrogens is 520 g/mol. The molecule has 10 heteroatoms. The van der Waals surface area contributed by atoms with Crippen LogP contribution in [0.2, 0.25) is 36.3 Å². The molecule has 1 aliphatic heterocycles. The fourth-order valence-electron chi connectivity index (χ4n) is 5.16. The van der Waals surface area contributed by atoms with Gasteiger partial charge in [0, 0.05) is 6.10 Å². The Morgan fingerprint density at radius 2 is 1.29 bits per heavy atom. The molecule has 9 atom stereocenters. The van der Waals surface area contributed by atoms with Gasteiger partial charge in [-0.1, -0.05) is 41.5 Å². The maximum Gasteiger partial charge on any atom is 0.338 e. The standard InChI is InChI=1S/C28H56O8Si2/c1-17-13-12-14-21(29)22(30)19-15-18(35-37(8,9)27(2,3)4)16-20(19)25(23(31)24(32)26(33)34-17)36-38(10,11)28(5,6)7/h17-25,29-32H,12-16H2,1-11H3/t17-,18-,19+,20+,21?,22?,23?,24?,25-/m0/s1. The molecule has 224 valence electrons. The smallest absolute Gasteiger partial charge is 0.338 e. The molecule has 0 radical (unpaired) electrons. The Kier molecular flexibility index (Phi) is 10.9.